The topological polar surface area (TPSA) is 26.3 Å². The molecule has 0 aliphatic heterocycles. The fourth-order valence-electron chi connectivity index (χ4n) is 2.71. The normalized spacial score (nSPS) is 22.4. The van der Waals surface area contributed by atoms with Crippen LogP contribution in [0.3, 0.4) is 0 Å². The molecule has 2 atom stereocenters. The molecule has 0 heterocycles. The molecule has 0 unspecified atom stereocenters. The van der Waals surface area contributed by atoms with E-state index >= 15 is 0 Å². The van der Waals surface area contributed by atoms with Gasteiger partial charge in [0.05, 0.1) is 11.5 Å². The molecule has 1 aliphatic carbocycles. The summed E-state index contributed by atoms with van der Waals surface area (Å²) in [6.07, 6.45) is 1.62. The van der Waals surface area contributed by atoms with Crippen molar-refractivity contribution in [2.24, 2.45) is 17.3 Å². The van der Waals surface area contributed by atoms with Crippen LogP contribution in [0.15, 0.2) is 11.6 Å². The van der Waals surface area contributed by atoms with Gasteiger partial charge in [0.2, 0.25) is 0 Å². The zero-order valence-corrected chi connectivity index (χ0v) is 13.5. The number of halogens is 5. The fourth-order valence-corrected chi connectivity index (χ4v) is 2.87. The Bertz CT molecular complexity index is 656. The third kappa shape index (κ3) is 2.96. The van der Waals surface area contributed by atoms with Crippen molar-refractivity contribution in [2.75, 3.05) is 0 Å². The van der Waals surface area contributed by atoms with E-state index in [4.69, 9.17) is 16.3 Å². The maximum Gasteiger partial charge on any atom is 0.310 e. The zero-order valence-electron chi connectivity index (χ0n) is 12.7. The fraction of sp³-hybridized carbons (Fsp3) is 0.438. The van der Waals surface area contributed by atoms with E-state index in [2.05, 4.69) is 0 Å². The van der Waals surface area contributed by atoms with Crippen LogP contribution < -0.4 is 0 Å². The maximum atomic E-state index is 13.7. The summed E-state index contributed by atoms with van der Waals surface area (Å²) in [5, 5.41) is 0. The second-order valence-electron chi connectivity index (χ2n) is 6.11. The first-order valence-electron chi connectivity index (χ1n) is 6.89. The second-order valence-corrected chi connectivity index (χ2v) is 6.36. The van der Waals surface area contributed by atoms with E-state index in [9.17, 15) is 22.4 Å². The zero-order chi connectivity index (χ0) is 17.5. The number of rotatable bonds is 4. The van der Waals surface area contributed by atoms with Gasteiger partial charge in [0.15, 0.2) is 23.3 Å². The number of esters is 1. The molecule has 7 heteroatoms. The third-order valence-corrected chi connectivity index (χ3v) is 4.52. The summed E-state index contributed by atoms with van der Waals surface area (Å²) in [5.41, 5.74) is -0.819. The van der Waals surface area contributed by atoms with Gasteiger partial charge in [0.1, 0.15) is 6.61 Å². The number of carbonyl (C=O) groups is 1. The molecular weight excluding hydrogens is 336 g/mol. The van der Waals surface area contributed by atoms with E-state index in [1.54, 1.807) is 6.08 Å². The maximum absolute atomic E-state index is 13.7. The Morgan fingerprint density at radius 2 is 1.70 bits per heavy atom. The number of hydrogen-bond acceptors (Lipinski definition) is 2. The number of hydrogen-bond donors (Lipinski definition) is 0. The predicted molar refractivity (Wildman–Crippen MR) is 76.6 cm³/mol. The van der Waals surface area contributed by atoms with Crippen molar-refractivity contribution in [1.82, 2.24) is 0 Å². The van der Waals surface area contributed by atoms with Crippen LogP contribution in [0.4, 0.5) is 17.6 Å². The van der Waals surface area contributed by atoms with Gasteiger partial charge in [-0.15, -0.1) is 0 Å². The lowest BCUT2D eigenvalue weighted by molar-refractivity contribution is -0.147. The SMILES string of the molecule is Cc1c(F)c(F)c(COC(=O)[C@@H]2[C@@H](/C=C/Cl)C2(C)C)c(F)c1F. The van der Waals surface area contributed by atoms with E-state index in [-0.39, 0.29) is 5.92 Å². The molecule has 0 N–H and O–H groups in total. The van der Waals surface area contributed by atoms with Crippen molar-refractivity contribution in [3.63, 3.8) is 0 Å². The van der Waals surface area contributed by atoms with Crippen LogP contribution in [0.2, 0.25) is 0 Å². The standard InChI is InChI=1S/C16H15ClF4O2/c1-7-11(18)13(20)8(14(21)12(7)19)6-23-15(22)10-9(4-5-17)16(10,2)3/h4-5,9-10H,6H2,1-3H3/b5-4+/t9-,10+/m1/s1. The Hall–Kier alpha value is -1.56. The molecule has 2 rings (SSSR count). The molecule has 2 nitrogen and oxygen atoms in total. The van der Waals surface area contributed by atoms with Gasteiger partial charge in [0, 0.05) is 11.1 Å². The van der Waals surface area contributed by atoms with Crippen molar-refractivity contribution in [3.05, 3.63) is 46.0 Å². The van der Waals surface area contributed by atoms with Crippen LogP contribution in [0.25, 0.3) is 0 Å². The molecule has 23 heavy (non-hydrogen) atoms. The average Bonchev–Trinajstić information content (AvgIpc) is 3.04. The largest absolute Gasteiger partial charge is 0.460 e. The Labute approximate surface area is 136 Å². The van der Waals surface area contributed by atoms with Crippen LogP contribution in [-0.4, -0.2) is 5.97 Å². The summed E-state index contributed by atoms with van der Waals surface area (Å²) in [7, 11) is 0. The van der Waals surface area contributed by atoms with Crippen molar-refractivity contribution in [2.45, 2.75) is 27.4 Å². The van der Waals surface area contributed by atoms with Crippen molar-refractivity contribution < 1.29 is 27.1 Å². The van der Waals surface area contributed by atoms with E-state index in [1.807, 2.05) is 13.8 Å². The van der Waals surface area contributed by atoms with Gasteiger partial charge in [-0.25, -0.2) is 17.6 Å². The van der Waals surface area contributed by atoms with Crippen LogP contribution in [0, 0.1) is 47.4 Å². The number of ether oxygens (including phenoxy) is 1. The number of carbonyl (C=O) groups excluding carboxylic acids is 1. The molecule has 0 bridgehead atoms. The van der Waals surface area contributed by atoms with Gasteiger partial charge in [0.25, 0.3) is 0 Å². The van der Waals surface area contributed by atoms with Crippen LogP contribution in [0.1, 0.15) is 25.0 Å². The Morgan fingerprint density at radius 3 is 2.17 bits per heavy atom. The summed E-state index contributed by atoms with van der Waals surface area (Å²) < 4.78 is 59.2. The molecule has 0 spiro atoms. The lowest BCUT2D eigenvalue weighted by Crippen LogP contribution is -2.14. The summed E-state index contributed by atoms with van der Waals surface area (Å²) in [4.78, 5) is 12.0. The summed E-state index contributed by atoms with van der Waals surface area (Å²) in [6.45, 7) is 3.66. The number of benzene rings is 1. The molecule has 1 saturated carbocycles. The highest BCUT2D eigenvalue weighted by molar-refractivity contribution is 6.25. The first-order valence-corrected chi connectivity index (χ1v) is 7.33. The molecule has 126 valence electrons. The summed E-state index contributed by atoms with van der Waals surface area (Å²) >= 11 is 5.48. The summed E-state index contributed by atoms with van der Waals surface area (Å²) in [5.74, 6) is -7.48. The molecule has 1 fully saturated rings. The minimum atomic E-state index is -1.55. The Kier molecular flexibility index (Phi) is 4.76. The minimum absolute atomic E-state index is 0.159. The van der Waals surface area contributed by atoms with Gasteiger partial charge in [-0.05, 0) is 18.3 Å². The monoisotopic (exact) mass is 350 g/mol. The third-order valence-electron chi connectivity index (χ3n) is 4.38. The molecule has 0 amide bonds. The predicted octanol–water partition coefficient (Wildman–Crippen LogP) is 4.62. The van der Waals surface area contributed by atoms with E-state index in [0.29, 0.717) is 0 Å². The van der Waals surface area contributed by atoms with Crippen LogP contribution in [0.5, 0.6) is 0 Å². The first-order chi connectivity index (χ1) is 10.6. The molecule has 0 saturated heterocycles. The van der Waals surface area contributed by atoms with Crippen LogP contribution in [-0.2, 0) is 16.1 Å². The lowest BCUT2D eigenvalue weighted by atomic mass is 10.1. The Morgan fingerprint density at radius 1 is 1.17 bits per heavy atom. The van der Waals surface area contributed by atoms with Crippen molar-refractivity contribution in [3.8, 4) is 0 Å². The van der Waals surface area contributed by atoms with Crippen LogP contribution >= 0.6 is 11.6 Å². The molecule has 1 aromatic rings. The highest BCUT2D eigenvalue weighted by Gasteiger charge is 2.61. The van der Waals surface area contributed by atoms with E-state index in [0.717, 1.165) is 6.92 Å². The number of allylic oxidation sites excluding steroid dienone is 1. The quantitative estimate of drug-likeness (QED) is 0.450. The van der Waals surface area contributed by atoms with Gasteiger partial charge in [-0.2, -0.15) is 0 Å². The van der Waals surface area contributed by atoms with Gasteiger partial charge >= 0.3 is 5.97 Å². The van der Waals surface area contributed by atoms with Gasteiger partial charge < -0.3 is 4.74 Å². The average molecular weight is 351 g/mol. The molecule has 0 radical (unpaired) electrons. The highest BCUT2D eigenvalue weighted by atomic mass is 35.5. The lowest BCUT2D eigenvalue weighted by Gasteiger charge is -2.10. The van der Waals surface area contributed by atoms with Gasteiger partial charge in [-0.1, -0.05) is 31.5 Å². The summed E-state index contributed by atoms with van der Waals surface area (Å²) in [6, 6.07) is 0. The second kappa shape index (κ2) is 6.15. The Balaban J connectivity index is 2.15. The minimum Gasteiger partial charge on any atom is -0.460 e. The highest BCUT2D eigenvalue weighted by Crippen LogP contribution is 2.59. The first kappa shape index (κ1) is 17.8. The smallest absolute Gasteiger partial charge is 0.310 e. The molecule has 1 aliphatic rings. The van der Waals surface area contributed by atoms with E-state index < -0.39 is 58.3 Å². The van der Waals surface area contributed by atoms with Gasteiger partial charge in [-0.3, -0.25) is 4.79 Å². The molecule has 1 aromatic carbocycles. The van der Waals surface area contributed by atoms with E-state index in [1.165, 1.54) is 5.54 Å². The molecule has 0 aromatic heterocycles. The van der Waals surface area contributed by atoms with Crippen molar-refractivity contribution >= 4 is 17.6 Å². The van der Waals surface area contributed by atoms with Crippen molar-refractivity contribution in [1.29, 1.82) is 0 Å². The molecular formula is C16H15ClF4O2.